The summed E-state index contributed by atoms with van der Waals surface area (Å²) in [5, 5.41) is 13.9. The van der Waals surface area contributed by atoms with Gasteiger partial charge in [0.1, 0.15) is 4.90 Å². The predicted molar refractivity (Wildman–Crippen MR) is 100 cm³/mol. The molecule has 0 amide bonds. The van der Waals surface area contributed by atoms with E-state index in [9.17, 15) is 8.42 Å². The molecular weight excluding hydrogens is 372 g/mol. The van der Waals surface area contributed by atoms with E-state index in [0.717, 1.165) is 0 Å². The van der Waals surface area contributed by atoms with Crippen LogP contribution in [-0.4, -0.2) is 18.2 Å². The third-order valence-electron chi connectivity index (χ3n) is 3.81. The number of nitrogens with zero attached hydrogens (tertiary/aromatic N) is 3. The topological polar surface area (TPSA) is 87.8 Å². The second kappa shape index (κ2) is 6.83. The third kappa shape index (κ3) is 3.43. The zero-order valence-electron chi connectivity index (χ0n) is 14.1. The van der Waals surface area contributed by atoms with Crippen molar-refractivity contribution in [2.75, 3.05) is 4.72 Å². The number of hydrogen-bond acceptors (Lipinski definition) is 4. The molecule has 1 N–H and O–H groups in total. The Morgan fingerprint density at radius 2 is 1.85 bits per heavy atom. The SMILES string of the molecule is Cc1nn(-c2ccc(Cl)cc2)c(C)c1S(=O)(=O)Nc1cccc(C#N)c1. The van der Waals surface area contributed by atoms with E-state index in [1.807, 2.05) is 6.07 Å². The molecule has 0 aliphatic heterocycles. The second-order valence-corrected chi connectivity index (χ2v) is 7.74. The fourth-order valence-corrected chi connectivity index (χ4v) is 4.28. The molecule has 0 aliphatic carbocycles. The number of aromatic nitrogens is 2. The first-order valence-corrected chi connectivity index (χ1v) is 9.53. The molecule has 0 radical (unpaired) electrons. The molecule has 0 saturated carbocycles. The monoisotopic (exact) mass is 386 g/mol. The van der Waals surface area contributed by atoms with Gasteiger partial charge in [-0.3, -0.25) is 4.72 Å². The fourth-order valence-electron chi connectivity index (χ4n) is 2.71. The highest BCUT2D eigenvalue weighted by Gasteiger charge is 2.25. The molecule has 132 valence electrons. The third-order valence-corrected chi connectivity index (χ3v) is 5.69. The highest BCUT2D eigenvalue weighted by molar-refractivity contribution is 7.92. The van der Waals surface area contributed by atoms with Gasteiger partial charge in [0, 0.05) is 5.02 Å². The van der Waals surface area contributed by atoms with E-state index in [-0.39, 0.29) is 4.90 Å². The Labute approximate surface area is 156 Å². The van der Waals surface area contributed by atoms with Crippen LogP contribution in [0.3, 0.4) is 0 Å². The van der Waals surface area contributed by atoms with Crippen LogP contribution in [0.5, 0.6) is 0 Å². The Kier molecular flexibility index (Phi) is 4.72. The molecule has 0 fully saturated rings. The quantitative estimate of drug-likeness (QED) is 0.738. The number of sulfonamides is 1. The number of aryl methyl sites for hydroxylation is 1. The van der Waals surface area contributed by atoms with Gasteiger partial charge in [0.15, 0.2) is 0 Å². The van der Waals surface area contributed by atoms with Crippen LogP contribution < -0.4 is 4.72 Å². The van der Waals surface area contributed by atoms with Gasteiger partial charge in [-0.2, -0.15) is 10.4 Å². The van der Waals surface area contributed by atoms with Crippen molar-refractivity contribution >= 4 is 27.3 Å². The molecule has 8 heteroatoms. The van der Waals surface area contributed by atoms with E-state index in [1.165, 1.54) is 6.07 Å². The summed E-state index contributed by atoms with van der Waals surface area (Å²) >= 11 is 5.90. The lowest BCUT2D eigenvalue weighted by molar-refractivity contribution is 0.600. The van der Waals surface area contributed by atoms with Gasteiger partial charge in [-0.15, -0.1) is 0 Å². The maximum absolute atomic E-state index is 12.9. The van der Waals surface area contributed by atoms with Crippen molar-refractivity contribution in [2.45, 2.75) is 18.7 Å². The first-order chi connectivity index (χ1) is 12.3. The molecule has 0 aliphatic rings. The average Bonchev–Trinajstić information content (AvgIpc) is 2.90. The maximum Gasteiger partial charge on any atom is 0.265 e. The summed E-state index contributed by atoms with van der Waals surface area (Å²) in [6, 6.07) is 15.2. The van der Waals surface area contributed by atoms with Gasteiger partial charge in [0.2, 0.25) is 0 Å². The molecule has 0 spiro atoms. The lowest BCUT2D eigenvalue weighted by Gasteiger charge is -2.09. The van der Waals surface area contributed by atoms with Crippen molar-refractivity contribution in [3.63, 3.8) is 0 Å². The van der Waals surface area contributed by atoms with Gasteiger partial charge in [0.25, 0.3) is 10.0 Å². The summed E-state index contributed by atoms with van der Waals surface area (Å²) in [4.78, 5) is 0.106. The molecule has 0 unspecified atom stereocenters. The van der Waals surface area contributed by atoms with Gasteiger partial charge in [0.05, 0.1) is 34.4 Å². The van der Waals surface area contributed by atoms with Crippen LogP contribution in [0.2, 0.25) is 5.02 Å². The molecule has 0 saturated heterocycles. The summed E-state index contributed by atoms with van der Waals surface area (Å²) in [6.45, 7) is 3.33. The van der Waals surface area contributed by atoms with Crippen LogP contribution in [0.25, 0.3) is 5.69 Å². The molecule has 2 aromatic carbocycles. The molecule has 1 aromatic heterocycles. The van der Waals surface area contributed by atoms with Crippen LogP contribution in [0.4, 0.5) is 5.69 Å². The largest absolute Gasteiger partial charge is 0.279 e. The predicted octanol–water partition coefficient (Wildman–Crippen LogP) is 3.82. The second-order valence-electron chi connectivity index (χ2n) is 5.69. The molecule has 1 heterocycles. The van der Waals surface area contributed by atoms with Gasteiger partial charge in [-0.05, 0) is 56.3 Å². The van der Waals surface area contributed by atoms with Crippen molar-refractivity contribution in [1.82, 2.24) is 9.78 Å². The van der Waals surface area contributed by atoms with Crippen molar-refractivity contribution < 1.29 is 8.42 Å². The summed E-state index contributed by atoms with van der Waals surface area (Å²) in [7, 11) is -3.86. The number of benzene rings is 2. The van der Waals surface area contributed by atoms with Crippen molar-refractivity contribution in [3.05, 3.63) is 70.5 Å². The summed E-state index contributed by atoms with van der Waals surface area (Å²) in [5.41, 5.74) is 2.26. The summed E-state index contributed by atoms with van der Waals surface area (Å²) < 4.78 is 29.8. The molecule has 0 atom stereocenters. The van der Waals surface area contributed by atoms with Crippen molar-refractivity contribution in [3.8, 4) is 11.8 Å². The molecular formula is C18H15ClN4O2S. The van der Waals surface area contributed by atoms with Crippen molar-refractivity contribution in [2.24, 2.45) is 0 Å². The molecule has 3 rings (SSSR count). The lowest BCUT2D eigenvalue weighted by atomic mass is 10.2. The van der Waals surface area contributed by atoms with E-state index < -0.39 is 10.0 Å². The molecule has 0 bridgehead atoms. The number of halogens is 1. The first-order valence-electron chi connectivity index (χ1n) is 7.67. The highest BCUT2D eigenvalue weighted by Crippen LogP contribution is 2.25. The number of rotatable bonds is 4. The van der Waals surface area contributed by atoms with E-state index in [1.54, 1.807) is 61.0 Å². The van der Waals surface area contributed by atoms with E-state index in [4.69, 9.17) is 16.9 Å². The fraction of sp³-hybridized carbons (Fsp3) is 0.111. The summed E-state index contributed by atoms with van der Waals surface area (Å²) in [5.74, 6) is 0. The highest BCUT2D eigenvalue weighted by atomic mass is 35.5. The van der Waals surface area contributed by atoms with E-state index in [2.05, 4.69) is 9.82 Å². The minimum atomic E-state index is -3.86. The zero-order valence-corrected chi connectivity index (χ0v) is 15.6. The van der Waals surface area contributed by atoms with E-state index >= 15 is 0 Å². The van der Waals surface area contributed by atoms with Crippen LogP contribution in [0.1, 0.15) is 17.0 Å². The van der Waals surface area contributed by atoms with E-state index in [0.29, 0.717) is 33.3 Å². The Balaban J connectivity index is 2.03. The number of anilines is 1. The smallest absolute Gasteiger partial charge is 0.265 e. The first kappa shape index (κ1) is 18.0. The minimum absolute atomic E-state index is 0.106. The Morgan fingerprint density at radius 3 is 2.50 bits per heavy atom. The minimum Gasteiger partial charge on any atom is -0.279 e. The number of hydrogen-bond donors (Lipinski definition) is 1. The number of nitrogens with one attached hydrogen (secondary N) is 1. The normalized spacial score (nSPS) is 11.2. The van der Waals surface area contributed by atoms with Crippen LogP contribution in [0, 0.1) is 25.2 Å². The Morgan fingerprint density at radius 1 is 1.15 bits per heavy atom. The molecule has 6 nitrogen and oxygen atoms in total. The number of nitriles is 1. The van der Waals surface area contributed by atoms with Gasteiger partial charge < -0.3 is 0 Å². The summed E-state index contributed by atoms with van der Waals surface area (Å²) in [6.07, 6.45) is 0. The Hall–Kier alpha value is -2.82. The van der Waals surface area contributed by atoms with Crippen LogP contribution in [0.15, 0.2) is 53.4 Å². The molecule has 3 aromatic rings. The average molecular weight is 387 g/mol. The van der Waals surface area contributed by atoms with Gasteiger partial charge in [-0.1, -0.05) is 17.7 Å². The zero-order chi connectivity index (χ0) is 18.9. The van der Waals surface area contributed by atoms with Crippen LogP contribution in [-0.2, 0) is 10.0 Å². The van der Waals surface area contributed by atoms with Crippen molar-refractivity contribution in [1.29, 1.82) is 5.26 Å². The Bertz CT molecular complexity index is 1110. The standard InChI is InChI=1S/C18H15ClN4O2S/c1-12-18(13(2)23(21-12)17-8-6-15(19)7-9-17)26(24,25)22-16-5-3-4-14(10-16)11-20/h3-10,22H,1-2H3. The van der Waals surface area contributed by atoms with Gasteiger partial charge >= 0.3 is 0 Å². The van der Waals surface area contributed by atoms with Gasteiger partial charge in [-0.25, -0.2) is 13.1 Å². The van der Waals surface area contributed by atoms with Crippen LogP contribution >= 0.6 is 11.6 Å². The maximum atomic E-state index is 12.9. The molecule has 26 heavy (non-hydrogen) atoms. The lowest BCUT2D eigenvalue weighted by Crippen LogP contribution is -2.15.